The molecule has 26 heavy (non-hydrogen) atoms. The van der Waals surface area contributed by atoms with Crippen LogP contribution >= 0.6 is 0 Å². The Balaban J connectivity index is 2.07. The first-order valence-corrected chi connectivity index (χ1v) is 9.11. The quantitative estimate of drug-likeness (QED) is 0.503. The zero-order chi connectivity index (χ0) is 18.3. The first-order valence-electron chi connectivity index (χ1n) is 9.11. The zero-order valence-electron chi connectivity index (χ0n) is 15.9. The number of para-hydroxylation sites is 1. The lowest BCUT2D eigenvalue weighted by atomic mass is 9.87. The van der Waals surface area contributed by atoms with Gasteiger partial charge in [0.1, 0.15) is 7.05 Å². The highest BCUT2D eigenvalue weighted by molar-refractivity contribution is 6.32. The van der Waals surface area contributed by atoms with Crippen LogP contribution in [0.3, 0.4) is 0 Å². The Kier molecular flexibility index (Phi) is 4.08. The van der Waals surface area contributed by atoms with Crippen molar-refractivity contribution in [2.75, 3.05) is 7.05 Å². The third-order valence-corrected chi connectivity index (χ3v) is 5.33. The molecule has 0 unspecified atom stereocenters. The number of rotatable bonds is 2. The van der Waals surface area contributed by atoms with Crippen molar-refractivity contribution in [3.63, 3.8) is 0 Å². The van der Waals surface area contributed by atoms with Crippen LogP contribution in [-0.4, -0.2) is 17.3 Å². The molecule has 1 aliphatic heterocycles. The van der Waals surface area contributed by atoms with Crippen molar-refractivity contribution in [3.05, 3.63) is 101 Å². The summed E-state index contributed by atoms with van der Waals surface area (Å²) in [5.74, 6) is 0. The summed E-state index contributed by atoms with van der Waals surface area (Å²) >= 11 is 0. The van der Waals surface area contributed by atoms with Gasteiger partial charge < -0.3 is 0 Å². The molecule has 1 nitrogen and oxygen atoms in total. The minimum absolute atomic E-state index is 1.26. The lowest BCUT2D eigenvalue weighted by Crippen LogP contribution is -2.05. The third-order valence-electron chi connectivity index (χ3n) is 5.33. The Bertz CT molecular complexity index is 985. The fraction of sp³-hybridized carbons (Fsp3) is 0.160. The Morgan fingerprint density at radius 1 is 0.654 bits per heavy atom. The van der Waals surface area contributed by atoms with Crippen LogP contribution in [0.15, 0.2) is 72.8 Å². The summed E-state index contributed by atoms with van der Waals surface area (Å²) in [5.41, 5.74) is 11.6. The Morgan fingerprint density at radius 2 is 1.15 bits per heavy atom. The lowest BCUT2D eigenvalue weighted by Gasteiger charge is -2.13. The van der Waals surface area contributed by atoms with Gasteiger partial charge in [0.25, 0.3) is 0 Å². The normalized spacial score (nSPS) is 13.2. The van der Waals surface area contributed by atoms with Gasteiger partial charge in [0.05, 0.1) is 11.1 Å². The van der Waals surface area contributed by atoms with E-state index in [4.69, 9.17) is 0 Å². The summed E-state index contributed by atoms with van der Waals surface area (Å²) in [6.45, 7) is 6.49. The van der Waals surface area contributed by atoms with Crippen molar-refractivity contribution < 1.29 is 4.58 Å². The number of hydrogen-bond acceptors (Lipinski definition) is 0. The fourth-order valence-corrected chi connectivity index (χ4v) is 3.73. The highest BCUT2D eigenvalue weighted by Crippen LogP contribution is 2.40. The van der Waals surface area contributed by atoms with E-state index in [1.165, 1.54) is 50.4 Å². The number of allylic oxidation sites excluding steroid dienone is 1. The molecule has 0 aromatic heterocycles. The first kappa shape index (κ1) is 16.5. The third kappa shape index (κ3) is 2.70. The molecule has 1 aliphatic rings. The van der Waals surface area contributed by atoms with E-state index in [0.717, 1.165) is 0 Å². The second-order valence-corrected chi connectivity index (χ2v) is 7.14. The summed E-state index contributed by atoms with van der Waals surface area (Å²) in [6.07, 6.45) is 0. The van der Waals surface area contributed by atoms with Crippen LogP contribution in [0.25, 0.3) is 11.1 Å². The number of fused-ring (bicyclic) bond motifs is 1. The maximum absolute atomic E-state index is 2.30. The van der Waals surface area contributed by atoms with Crippen LogP contribution in [0, 0.1) is 13.8 Å². The topological polar surface area (TPSA) is 3.01 Å². The second kappa shape index (κ2) is 6.42. The molecule has 0 amide bonds. The summed E-state index contributed by atoms with van der Waals surface area (Å²) in [7, 11) is 2.16. The molecule has 4 rings (SSSR count). The standard InChI is InChI=1S/C25H24N/c1-17-9-13-20(14-10-17)25(21-15-11-18(2)12-16-21)24-19(3)26(4)23-8-6-5-7-22(23)24/h5-16H,1-4H3/q+1. The molecule has 0 spiro atoms. The predicted molar refractivity (Wildman–Crippen MR) is 111 cm³/mol. The minimum atomic E-state index is 1.26. The van der Waals surface area contributed by atoms with Gasteiger partial charge in [0.2, 0.25) is 5.69 Å². The molecule has 3 aromatic carbocycles. The first-order chi connectivity index (χ1) is 12.6. The van der Waals surface area contributed by atoms with Gasteiger partial charge in [-0.3, -0.25) is 0 Å². The van der Waals surface area contributed by atoms with E-state index < -0.39 is 0 Å². The van der Waals surface area contributed by atoms with Crippen molar-refractivity contribution in [1.29, 1.82) is 0 Å². The second-order valence-electron chi connectivity index (χ2n) is 7.14. The Morgan fingerprint density at radius 3 is 1.69 bits per heavy atom. The van der Waals surface area contributed by atoms with Crippen molar-refractivity contribution >= 4 is 22.5 Å². The van der Waals surface area contributed by atoms with E-state index in [2.05, 4.69) is 105 Å². The molecule has 0 radical (unpaired) electrons. The molecular formula is C25H24N+. The van der Waals surface area contributed by atoms with Crippen LogP contribution in [0.4, 0.5) is 5.69 Å². The molecule has 0 N–H and O–H groups in total. The fourth-order valence-electron chi connectivity index (χ4n) is 3.73. The van der Waals surface area contributed by atoms with Gasteiger partial charge in [-0.1, -0.05) is 71.8 Å². The van der Waals surface area contributed by atoms with Gasteiger partial charge in [-0.25, -0.2) is 0 Å². The number of aryl methyl sites for hydroxylation is 2. The Hall–Kier alpha value is -2.93. The molecule has 0 aliphatic carbocycles. The van der Waals surface area contributed by atoms with E-state index in [-0.39, 0.29) is 0 Å². The van der Waals surface area contributed by atoms with Gasteiger partial charge in [0, 0.05) is 18.6 Å². The molecule has 0 saturated heterocycles. The van der Waals surface area contributed by atoms with Crippen LogP contribution in [0.2, 0.25) is 0 Å². The average Bonchev–Trinajstić information content (AvgIpc) is 2.90. The molecule has 0 bridgehead atoms. The van der Waals surface area contributed by atoms with E-state index in [0.29, 0.717) is 0 Å². The Labute approximate surface area is 156 Å². The largest absolute Gasteiger partial charge is 0.213 e. The van der Waals surface area contributed by atoms with E-state index >= 15 is 0 Å². The van der Waals surface area contributed by atoms with Gasteiger partial charge in [-0.2, -0.15) is 4.58 Å². The number of nitrogens with zero attached hydrogens (tertiary/aromatic N) is 1. The summed E-state index contributed by atoms with van der Waals surface area (Å²) in [6, 6.07) is 26.4. The lowest BCUT2D eigenvalue weighted by molar-refractivity contribution is -0.401. The van der Waals surface area contributed by atoms with Gasteiger partial charge in [-0.05, 0) is 31.0 Å². The minimum Gasteiger partial charge on any atom is -0.198 e. The monoisotopic (exact) mass is 338 g/mol. The molecular weight excluding hydrogens is 314 g/mol. The highest BCUT2D eigenvalue weighted by Gasteiger charge is 2.32. The smallest absolute Gasteiger partial charge is 0.198 e. The molecule has 0 saturated carbocycles. The van der Waals surface area contributed by atoms with Crippen LogP contribution in [0.5, 0.6) is 0 Å². The van der Waals surface area contributed by atoms with E-state index in [1.807, 2.05) is 0 Å². The maximum atomic E-state index is 2.30. The summed E-state index contributed by atoms with van der Waals surface area (Å²) in [4.78, 5) is 0. The molecule has 1 heterocycles. The van der Waals surface area contributed by atoms with Crippen LogP contribution < -0.4 is 0 Å². The van der Waals surface area contributed by atoms with Crippen molar-refractivity contribution in [2.24, 2.45) is 0 Å². The maximum Gasteiger partial charge on any atom is 0.213 e. The number of benzene rings is 3. The molecule has 128 valence electrons. The van der Waals surface area contributed by atoms with E-state index in [1.54, 1.807) is 0 Å². The van der Waals surface area contributed by atoms with Gasteiger partial charge >= 0.3 is 0 Å². The SMILES string of the molecule is CC1=[N+](C)c2ccccc2C1=C(c1ccc(C)cc1)c1ccc(C)cc1. The zero-order valence-corrected chi connectivity index (χ0v) is 15.9. The molecule has 1 heteroatoms. The average molecular weight is 338 g/mol. The van der Waals surface area contributed by atoms with Crippen molar-refractivity contribution in [2.45, 2.75) is 20.8 Å². The van der Waals surface area contributed by atoms with Crippen molar-refractivity contribution in [1.82, 2.24) is 0 Å². The number of hydrogen-bond donors (Lipinski definition) is 0. The molecule has 0 atom stereocenters. The van der Waals surface area contributed by atoms with Gasteiger partial charge in [0.15, 0.2) is 5.71 Å². The van der Waals surface area contributed by atoms with Crippen LogP contribution in [-0.2, 0) is 0 Å². The summed E-state index contributed by atoms with van der Waals surface area (Å²) in [5, 5.41) is 0. The molecule has 3 aromatic rings. The summed E-state index contributed by atoms with van der Waals surface area (Å²) < 4.78 is 2.30. The van der Waals surface area contributed by atoms with E-state index in [9.17, 15) is 0 Å². The van der Waals surface area contributed by atoms with Gasteiger partial charge in [-0.15, -0.1) is 0 Å². The molecule has 0 fully saturated rings. The van der Waals surface area contributed by atoms with Crippen LogP contribution in [0.1, 0.15) is 34.7 Å². The predicted octanol–water partition coefficient (Wildman–Crippen LogP) is 6.01. The highest BCUT2D eigenvalue weighted by atomic mass is 15.0. The van der Waals surface area contributed by atoms with Crippen molar-refractivity contribution in [3.8, 4) is 0 Å².